The lowest BCUT2D eigenvalue weighted by molar-refractivity contribution is -0.0158. The summed E-state index contributed by atoms with van der Waals surface area (Å²) >= 11 is 0. The van der Waals surface area contributed by atoms with E-state index >= 15 is 0 Å². The van der Waals surface area contributed by atoms with E-state index in [1.807, 2.05) is 15.3 Å². The number of hydrogen-bond acceptors (Lipinski definition) is 5. The van der Waals surface area contributed by atoms with Gasteiger partial charge in [-0.1, -0.05) is 43.5 Å². The molecule has 1 aliphatic carbocycles. The molecule has 2 fully saturated rings. The second-order valence-corrected chi connectivity index (χ2v) is 9.90. The fourth-order valence-corrected chi connectivity index (χ4v) is 6.50. The van der Waals surface area contributed by atoms with Crippen LogP contribution in [0.3, 0.4) is 0 Å². The minimum absolute atomic E-state index is 0.140. The number of rotatable bonds is 3. The van der Waals surface area contributed by atoms with Crippen LogP contribution in [0.25, 0.3) is 5.69 Å². The first-order valence-electron chi connectivity index (χ1n) is 12.0. The van der Waals surface area contributed by atoms with Crippen molar-refractivity contribution in [2.75, 3.05) is 13.1 Å². The number of likely N-dealkylation sites (tertiary alicyclic amines) is 1. The molecule has 1 saturated carbocycles. The molecular weight excluding hydrogens is 400 g/mol. The van der Waals surface area contributed by atoms with Gasteiger partial charge in [0.2, 0.25) is 0 Å². The van der Waals surface area contributed by atoms with Crippen LogP contribution < -0.4 is 5.56 Å². The van der Waals surface area contributed by atoms with Gasteiger partial charge in [0.1, 0.15) is 0 Å². The third kappa shape index (κ3) is 3.05. The fraction of sp³-hybridized carbons (Fsp3) is 0.520. The second kappa shape index (κ2) is 7.66. The van der Waals surface area contributed by atoms with Crippen molar-refractivity contribution in [3.05, 3.63) is 69.9 Å². The highest BCUT2D eigenvalue weighted by atomic mass is 16.1. The zero-order chi connectivity index (χ0) is 21.7. The van der Waals surface area contributed by atoms with E-state index in [4.69, 9.17) is 0 Å². The van der Waals surface area contributed by atoms with Gasteiger partial charge in [0, 0.05) is 37.3 Å². The molecule has 1 aromatic carbocycles. The van der Waals surface area contributed by atoms with Gasteiger partial charge in [-0.25, -0.2) is 0 Å². The average Bonchev–Trinajstić information content (AvgIpc) is 3.31. The summed E-state index contributed by atoms with van der Waals surface area (Å²) in [6.45, 7) is 4.90. The summed E-state index contributed by atoms with van der Waals surface area (Å²) < 4.78 is 4.00. The number of tetrazole rings is 1. The van der Waals surface area contributed by atoms with Crippen molar-refractivity contribution >= 4 is 0 Å². The van der Waals surface area contributed by atoms with E-state index in [-0.39, 0.29) is 11.1 Å². The monoisotopic (exact) mass is 430 g/mol. The SMILES string of the molecule is Cc1ccccc1-n1nnnc1C1(N2C[C@H]3C[C@@H](C2)c2cccc(=O)n2C3)CCCCC1. The molecule has 1 saturated heterocycles. The van der Waals surface area contributed by atoms with Crippen LogP contribution in [0.4, 0.5) is 0 Å². The van der Waals surface area contributed by atoms with Gasteiger partial charge in [0.05, 0.1) is 11.2 Å². The molecule has 3 aromatic rings. The van der Waals surface area contributed by atoms with Crippen molar-refractivity contribution in [2.24, 2.45) is 5.92 Å². The molecule has 7 heteroatoms. The van der Waals surface area contributed by atoms with E-state index in [9.17, 15) is 4.79 Å². The number of nitrogens with zero attached hydrogens (tertiary/aromatic N) is 6. The molecule has 6 rings (SSSR count). The molecule has 0 unspecified atom stereocenters. The normalized spacial score (nSPS) is 24.8. The first kappa shape index (κ1) is 19.9. The smallest absolute Gasteiger partial charge is 0.250 e. The maximum Gasteiger partial charge on any atom is 0.250 e. The lowest BCUT2D eigenvalue weighted by Crippen LogP contribution is -2.57. The summed E-state index contributed by atoms with van der Waals surface area (Å²) in [5, 5.41) is 13.3. The standard InChI is InChI=1S/C25H30N6O/c1-18-8-3-4-9-21(18)31-24(26-27-28-31)25(12-5-2-6-13-25)29-15-19-14-20(17-29)22-10-7-11-23(32)30(22)16-19/h3-4,7-11,19-20H,2,5-6,12-17H2,1H3/t19-,20+/m1/s1. The zero-order valence-corrected chi connectivity index (χ0v) is 18.7. The lowest BCUT2D eigenvalue weighted by atomic mass is 9.75. The van der Waals surface area contributed by atoms with Gasteiger partial charge in [0.25, 0.3) is 5.56 Å². The summed E-state index contributed by atoms with van der Waals surface area (Å²) in [6.07, 6.45) is 7.00. The van der Waals surface area contributed by atoms with Gasteiger partial charge in [0.15, 0.2) is 5.82 Å². The Morgan fingerprint density at radius 3 is 2.66 bits per heavy atom. The summed E-state index contributed by atoms with van der Waals surface area (Å²) in [4.78, 5) is 15.2. The van der Waals surface area contributed by atoms with Crippen molar-refractivity contribution in [3.63, 3.8) is 0 Å². The molecule has 0 spiro atoms. The van der Waals surface area contributed by atoms with Crippen molar-refractivity contribution in [2.45, 2.75) is 63.5 Å². The van der Waals surface area contributed by atoms with Crippen LogP contribution in [0.1, 0.15) is 61.5 Å². The van der Waals surface area contributed by atoms with Crippen molar-refractivity contribution in [1.29, 1.82) is 0 Å². The summed E-state index contributed by atoms with van der Waals surface area (Å²) in [5.41, 5.74) is 3.42. The molecule has 2 aromatic heterocycles. The highest BCUT2D eigenvalue weighted by molar-refractivity contribution is 5.40. The average molecular weight is 431 g/mol. The molecule has 4 heterocycles. The molecule has 2 bridgehead atoms. The van der Waals surface area contributed by atoms with E-state index in [1.165, 1.54) is 36.9 Å². The zero-order valence-electron chi connectivity index (χ0n) is 18.7. The number of aryl methyl sites for hydroxylation is 1. The minimum atomic E-state index is -0.155. The van der Waals surface area contributed by atoms with Gasteiger partial charge in [-0.05, 0) is 60.2 Å². The van der Waals surface area contributed by atoms with Crippen molar-refractivity contribution in [1.82, 2.24) is 29.7 Å². The number of fused-ring (bicyclic) bond motifs is 4. The van der Waals surface area contributed by atoms with Crippen LogP contribution in [0.2, 0.25) is 0 Å². The molecule has 0 radical (unpaired) electrons. The maximum absolute atomic E-state index is 12.5. The number of hydrogen-bond donors (Lipinski definition) is 0. The Bertz CT molecular complexity index is 1190. The molecule has 0 amide bonds. The Morgan fingerprint density at radius 2 is 1.81 bits per heavy atom. The van der Waals surface area contributed by atoms with E-state index in [0.717, 1.165) is 44.0 Å². The Labute approximate surface area is 188 Å². The Morgan fingerprint density at radius 1 is 0.969 bits per heavy atom. The Kier molecular flexibility index (Phi) is 4.75. The molecular formula is C25H30N6O. The van der Waals surface area contributed by atoms with Gasteiger partial charge in [-0.3, -0.25) is 9.69 Å². The lowest BCUT2D eigenvalue weighted by Gasteiger charge is -2.52. The third-order valence-corrected chi connectivity index (χ3v) is 8.00. The molecule has 2 aliphatic heterocycles. The second-order valence-electron chi connectivity index (χ2n) is 9.90. The molecule has 0 N–H and O–H groups in total. The van der Waals surface area contributed by atoms with Crippen LogP contribution in [0.5, 0.6) is 0 Å². The summed E-state index contributed by atoms with van der Waals surface area (Å²) in [6, 6.07) is 14.1. The van der Waals surface area contributed by atoms with Crippen LogP contribution >= 0.6 is 0 Å². The van der Waals surface area contributed by atoms with Gasteiger partial charge in [-0.15, -0.1) is 5.10 Å². The molecule has 32 heavy (non-hydrogen) atoms. The van der Waals surface area contributed by atoms with Gasteiger partial charge >= 0.3 is 0 Å². The minimum Gasteiger partial charge on any atom is -0.312 e. The topological polar surface area (TPSA) is 68.8 Å². The van der Waals surface area contributed by atoms with Crippen molar-refractivity contribution in [3.8, 4) is 5.69 Å². The Balaban J connectivity index is 1.43. The molecule has 166 valence electrons. The largest absolute Gasteiger partial charge is 0.312 e. The third-order valence-electron chi connectivity index (χ3n) is 8.00. The quantitative estimate of drug-likeness (QED) is 0.637. The van der Waals surface area contributed by atoms with E-state index in [1.54, 1.807) is 6.07 Å². The number of benzene rings is 1. The van der Waals surface area contributed by atoms with Crippen molar-refractivity contribution < 1.29 is 0 Å². The molecule has 3 aliphatic rings. The highest BCUT2D eigenvalue weighted by Crippen LogP contribution is 2.47. The van der Waals surface area contributed by atoms with Gasteiger partial charge < -0.3 is 4.57 Å². The maximum atomic E-state index is 12.5. The van der Waals surface area contributed by atoms with Crippen LogP contribution in [0, 0.1) is 12.8 Å². The first-order chi connectivity index (χ1) is 15.7. The first-order valence-corrected chi connectivity index (χ1v) is 12.0. The molecule has 7 nitrogen and oxygen atoms in total. The van der Waals surface area contributed by atoms with Crippen LogP contribution in [-0.2, 0) is 12.1 Å². The van der Waals surface area contributed by atoms with E-state index in [2.05, 4.69) is 57.7 Å². The predicted octanol–water partition coefficient (Wildman–Crippen LogP) is 3.41. The fourth-order valence-electron chi connectivity index (χ4n) is 6.50. The predicted molar refractivity (Wildman–Crippen MR) is 122 cm³/mol. The number of pyridine rings is 1. The van der Waals surface area contributed by atoms with Crippen LogP contribution in [-0.4, -0.2) is 42.8 Å². The van der Waals surface area contributed by atoms with E-state index in [0.29, 0.717) is 11.8 Å². The van der Waals surface area contributed by atoms with Crippen LogP contribution in [0.15, 0.2) is 47.3 Å². The van der Waals surface area contributed by atoms with Gasteiger partial charge in [-0.2, -0.15) is 4.68 Å². The summed E-state index contributed by atoms with van der Waals surface area (Å²) in [7, 11) is 0. The Hall–Kier alpha value is -2.80. The highest BCUT2D eigenvalue weighted by Gasteiger charge is 2.48. The number of para-hydroxylation sites is 1. The summed E-state index contributed by atoms with van der Waals surface area (Å²) in [5.74, 6) is 1.86. The molecule has 2 atom stereocenters. The van der Waals surface area contributed by atoms with E-state index < -0.39 is 0 Å². The number of piperidine rings is 1. The number of aromatic nitrogens is 5.